The normalized spacial score (nSPS) is 13.2. The zero-order valence-corrected chi connectivity index (χ0v) is 11.8. The van der Waals surface area contributed by atoms with Crippen LogP contribution in [0.25, 0.3) is 11.0 Å². The second-order valence-electron chi connectivity index (χ2n) is 5.38. The first-order valence-electron chi connectivity index (χ1n) is 6.91. The minimum Gasteiger partial charge on any atom is -0.459 e. The van der Waals surface area contributed by atoms with Crippen LogP contribution in [-0.2, 0) is 6.42 Å². The number of benzene rings is 1. The summed E-state index contributed by atoms with van der Waals surface area (Å²) in [4.78, 5) is 0. The molecule has 104 valence electrons. The van der Waals surface area contributed by atoms with Crippen molar-refractivity contribution in [2.45, 2.75) is 32.4 Å². The average molecular weight is 269 g/mol. The molecule has 1 atom stereocenters. The number of hydrogen-bond donors (Lipinski definition) is 1. The highest BCUT2D eigenvalue weighted by Crippen LogP contribution is 2.24. The van der Waals surface area contributed by atoms with Crippen LogP contribution in [0, 0.1) is 0 Å². The van der Waals surface area contributed by atoms with Crippen LogP contribution < -0.4 is 5.73 Å². The van der Waals surface area contributed by atoms with Crippen LogP contribution in [0.3, 0.4) is 0 Å². The molecule has 4 nitrogen and oxygen atoms in total. The van der Waals surface area contributed by atoms with E-state index < -0.39 is 0 Å². The van der Waals surface area contributed by atoms with Gasteiger partial charge in [0.25, 0.3) is 0 Å². The van der Waals surface area contributed by atoms with Gasteiger partial charge >= 0.3 is 0 Å². The van der Waals surface area contributed by atoms with E-state index in [1.165, 1.54) is 0 Å². The standard InChI is InChI=1S/C16H19N3O/c1-11(2)19-8-7-13(18-19)10-14(17)16-9-12-5-3-4-6-15(12)20-16/h3-9,11,14H,10,17H2,1-2H3. The molecule has 1 aromatic carbocycles. The molecule has 0 fully saturated rings. The second-order valence-corrected chi connectivity index (χ2v) is 5.38. The third-order valence-electron chi connectivity index (χ3n) is 3.43. The van der Waals surface area contributed by atoms with Crippen molar-refractivity contribution in [1.82, 2.24) is 9.78 Å². The van der Waals surface area contributed by atoms with Gasteiger partial charge in [-0.1, -0.05) is 18.2 Å². The van der Waals surface area contributed by atoms with Gasteiger partial charge in [-0.3, -0.25) is 4.68 Å². The molecule has 4 heteroatoms. The van der Waals surface area contributed by atoms with Crippen molar-refractivity contribution >= 4 is 11.0 Å². The minimum atomic E-state index is -0.169. The van der Waals surface area contributed by atoms with Gasteiger partial charge in [0.1, 0.15) is 11.3 Å². The lowest BCUT2D eigenvalue weighted by Gasteiger charge is -2.07. The number of nitrogens with zero attached hydrogens (tertiary/aromatic N) is 2. The predicted octanol–water partition coefficient (Wildman–Crippen LogP) is 3.45. The maximum atomic E-state index is 6.23. The first kappa shape index (κ1) is 12.9. The monoisotopic (exact) mass is 269 g/mol. The number of rotatable bonds is 4. The third-order valence-corrected chi connectivity index (χ3v) is 3.43. The highest BCUT2D eigenvalue weighted by atomic mass is 16.3. The number of hydrogen-bond acceptors (Lipinski definition) is 3. The van der Waals surface area contributed by atoms with Crippen LogP contribution in [0.5, 0.6) is 0 Å². The van der Waals surface area contributed by atoms with E-state index in [2.05, 4.69) is 18.9 Å². The van der Waals surface area contributed by atoms with Gasteiger partial charge in [-0.15, -0.1) is 0 Å². The Morgan fingerprint density at radius 2 is 2.05 bits per heavy atom. The van der Waals surface area contributed by atoms with Crippen molar-refractivity contribution in [3.05, 3.63) is 54.0 Å². The lowest BCUT2D eigenvalue weighted by Crippen LogP contribution is -2.13. The molecule has 0 spiro atoms. The molecule has 20 heavy (non-hydrogen) atoms. The minimum absolute atomic E-state index is 0.169. The Morgan fingerprint density at radius 3 is 2.75 bits per heavy atom. The van der Waals surface area contributed by atoms with Crippen LogP contribution in [0.2, 0.25) is 0 Å². The van der Waals surface area contributed by atoms with Crippen molar-refractivity contribution in [2.75, 3.05) is 0 Å². The van der Waals surface area contributed by atoms with E-state index in [9.17, 15) is 0 Å². The Hall–Kier alpha value is -2.07. The first-order valence-corrected chi connectivity index (χ1v) is 6.91. The average Bonchev–Trinajstić information content (AvgIpc) is 3.04. The summed E-state index contributed by atoms with van der Waals surface area (Å²) in [6, 6.07) is 12.2. The molecule has 1 unspecified atom stereocenters. The molecule has 0 aliphatic rings. The summed E-state index contributed by atoms with van der Waals surface area (Å²) in [5.74, 6) is 0.810. The molecule has 3 rings (SSSR count). The molecule has 0 radical (unpaired) electrons. The Morgan fingerprint density at radius 1 is 1.25 bits per heavy atom. The Bertz CT molecular complexity index is 678. The van der Waals surface area contributed by atoms with Crippen molar-refractivity contribution < 1.29 is 4.42 Å². The van der Waals surface area contributed by atoms with Crippen molar-refractivity contribution in [3.63, 3.8) is 0 Å². The van der Waals surface area contributed by atoms with E-state index in [0.29, 0.717) is 12.5 Å². The molecular weight excluding hydrogens is 250 g/mol. The zero-order valence-electron chi connectivity index (χ0n) is 11.8. The van der Waals surface area contributed by atoms with Crippen molar-refractivity contribution in [2.24, 2.45) is 5.73 Å². The van der Waals surface area contributed by atoms with Crippen LogP contribution in [0.4, 0.5) is 0 Å². The molecule has 2 heterocycles. The molecule has 3 aromatic rings. The summed E-state index contributed by atoms with van der Waals surface area (Å²) in [6.45, 7) is 4.21. The van der Waals surface area contributed by atoms with E-state index in [-0.39, 0.29) is 6.04 Å². The summed E-state index contributed by atoms with van der Waals surface area (Å²) in [5.41, 5.74) is 8.11. The quantitative estimate of drug-likeness (QED) is 0.789. The van der Waals surface area contributed by atoms with Gasteiger partial charge in [-0.05, 0) is 32.0 Å². The van der Waals surface area contributed by atoms with E-state index in [4.69, 9.17) is 10.2 Å². The number of nitrogens with two attached hydrogens (primary N) is 1. The first-order chi connectivity index (χ1) is 9.63. The number of aromatic nitrogens is 2. The molecule has 0 bridgehead atoms. The molecule has 0 amide bonds. The maximum absolute atomic E-state index is 6.23. The molecule has 2 aromatic heterocycles. The van der Waals surface area contributed by atoms with E-state index in [1.807, 2.05) is 47.3 Å². The summed E-state index contributed by atoms with van der Waals surface area (Å²) in [5, 5.41) is 5.61. The summed E-state index contributed by atoms with van der Waals surface area (Å²) < 4.78 is 7.74. The molecule has 0 aliphatic carbocycles. The summed E-state index contributed by atoms with van der Waals surface area (Å²) in [7, 11) is 0. The summed E-state index contributed by atoms with van der Waals surface area (Å²) in [6.07, 6.45) is 2.67. The molecule has 2 N–H and O–H groups in total. The highest BCUT2D eigenvalue weighted by molar-refractivity contribution is 5.77. The fourth-order valence-corrected chi connectivity index (χ4v) is 2.28. The van der Waals surface area contributed by atoms with Crippen LogP contribution in [0.1, 0.15) is 37.4 Å². The van der Waals surface area contributed by atoms with Gasteiger partial charge in [-0.25, -0.2) is 0 Å². The highest BCUT2D eigenvalue weighted by Gasteiger charge is 2.14. The molecule has 0 aliphatic heterocycles. The fraction of sp³-hybridized carbons (Fsp3) is 0.312. The van der Waals surface area contributed by atoms with Gasteiger partial charge in [0.15, 0.2) is 0 Å². The van der Waals surface area contributed by atoms with Gasteiger partial charge in [0.2, 0.25) is 0 Å². The van der Waals surface area contributed by atoms with Crippen LogP contribution in [0.15, 0.2) is 47.0 Å². The van der Waals surface area contributed by atoms with Crippen LogP contribution in [-0.4, -0.2) is 9.78 Å². The van der Waals surface area contributed by atoms with Gasteiger partial charge in [-0.2, -0.15) is 5.10 Å². The SMILES string of the molecule is CC(C)n1ccc(CC(N)c2cc3ccccc3o2)n1. The van der Waals surface area contributed by atoms with Gasteiger partial charge in [0.05, 0.1) is 11.7 Å². The maximum Gasteiger partial charge on any atom is 0.134 e. The number of furan rings is 1. The summed E-state index contributed by atoms with van der Waals surface area (Å²) >= 11 is 0. The molecular formula is C16H19N3O. The van der Waals surface area contributed by atoms with Gasteiger partial charge < -0.3 is 10.2 Å². The largest absolute Gasteiger partial charge is 0.459 e. The zero-order chi connectivity index (χ0) is 14.1. The van der Waals surface area contributed by atoms with Crippen molar-refractivity contribution in [1.29, 1.82) is 0 Å². The fourth-order valence-electron chi connectivity index (χ4n) is 2.28. The number of para-hydroxylation sites is 1. The smallest absolute Gasteiger partial charge is 0.134 e. The van der Waals surface area contributed by atoms with E-state index >= 15 is 0 Å². The van der Waals surface area contributed by atoms with Crippen molar-refractivity contribution in [3.8, 4) is 0 Å². The lowest BCUT2D eigenvalue weighted by molar-refractivity contribution is 0.483. The predicted molar refractivity (Wildman–Crippen MR) is 79.5 cm³/mol. The third kappa shape index (κ3) is 2.47. The number of fused-ring (bicyclic) bond motifs is 1. The van der Waals surface area contributed by atoms with E-state index in [1.54, 1.807) is 0 Å². The Balaban J connectivity index is 1.79. The topological polar surface area (TPSA) is 57.0 Å². The Kier molecular flexibility index (Phi) is 3.32. The molecule has 0 saturated heterocycles. The van der Waals surface area contributed by atoms with Gasteiger partial charge in [0, 0.05) is 24.0 Å². The molecule has 0 saturated carbocycles. The Labute approximate surface area is 118 Å². The second kappa shape index (κ2) is 5.13. The van der Waals surface area contributed by atoms with Crippen LogP contribution >= 0.6 is 0 Å². The lowest BCUT2D eigenvalue weighted by atomic mass is 10.1. The van der Waals surface area contributed by atoms with E-state index in [0.717, 1.165) is 22.4 Å².